The lowest BCUT2D eigenvalue weighted by molar-refractivity contribution is -0.133. The maximum absolute atomic E-state index is 12.5. The van der Waals surface area contributed by atoms with E-state index in [-0.39, 0.29) is 0 Å². The number of rotatable bonds is 4. The number of likely N-dealkylation sites (tertiary alicyclic amines) is 1. The van der Waals surface area contributed by atoms with E-state index in [1.54, 1.807) is 0 Å². The first kappa shape index (κ1) is 15.5. The van der Waals surface area contributed by atoms with Crippen LogP contribution in [0.4, 0.5) is 0 Å². The number of hydrogen-bond donors (Lipinski definition) is 0. The summed E-state index contributed by atoms with van der Waals surface area (Å²) < 4.78 is 5.81. The molecule has 0 spiro atoms. The van der Waals surface area contributed by atoms with E-state index in [1.165, 1.54) is 5.56 Å². The molecule has 0 aliphatic carbocycles. The van der Waals surface area contributed by atoms with Gasteiger partial charge in [0.1, 0.15) is 0 Å². The van der Waals surface area contributed by atoms with Gasteiger partial charge in [-0.15, -0.1) is 0 Å². The van der Waals surface area contributed by atoms with Gasteiger partial charge in [0.05, 0.1) is 12.2 Å². The van der Waals surface area contributed by atoms with Gasteiger partial charge in [-0.3, -0.25) is 9.78 Å². The predicted octanol–water partition coefficient (Wildman–Crippen LogP) is 3.14. The molecule has 2 aliphatic rings. The van der Waals surface area contributed by atoms with Gasteiger partial charge in [0.15, 0.2) is 0 Å². The molecule has 4 nitrogen and oxygen atoms in total. The SMILES string of the molecule is C[C@@H]1CC[C@@H](CCC(=O)N2CCC[C@H](c3ccncc3)C2)O1. The van der Waals surface area contributed by atoms with Crippen LogP contribution in [-0.2, 0) is 9.53 Å². The van der Waals surface area contributed by atoms with Crippen molar-refractivity contribution in [2.75, 3.05) is 13.1 Å². The van der Waals surface area contributed by atoms with E-state index in [0.717, 1.165) is 45.2 Å². The van der Waals surface area contributed by atoms with Gasteiger partial charge in [-0.25, -0.2) is 0 Å². The first-order chi connectivity index (χ1) is 10.7. The lowest BCUT2D eigenvalue weighted by atomic mass is 9.91. The van der Waals surface area contributed by atoms with Crippen molar-refractivity contribution in [3.8, 4) is 0 Å². The van der Waals surface area contributed by atoms with E-state index < -0.39 is 0 Å². The van der Waals surface area contributed by atoms with Crippen molar-refractivity contribution in [2.45, 2.75) is 63.6 Å². The fourth-order valence-electron chi connectivity index (χ4n) is 3.65. The minimum Gasteiger partial charge on any atom is -0.375 e. The molecule has 3 heterocycles. The van der Waals surface area contributed by atoms with Crippen molar-refractivity contribution in [1.82, 2.24) is 9.88 Å². The van der Waals surface area contributed by atoms with Crippen molar-refractivity contribution in [2.24, 2.45) is 0 Å². The molecule has 0 N–H and O–H groups in total. The van der Waals surface area contributed by atoms with E-state index in [2.05, 4.69) is 24.0 Å². The molecule has 2 aliphatic heterocycles. The highest BCUT2D eigenvalue weighted by Crippen LogP contribution is 2.28. The van der Waals surface area contributed by atoms with Crippen LogP contribution in [0.2, 0.25) is 0 Å². The molecule has 120 valence electrons. The summed E-state index contributed by atoms with van der Waals surface area (Å²) in [4.78, 5) is 18.6. The third kappa shape index (κ3) is 3.86. The number of aromatic nitrogens is 1. The molecule has 0 unspecified atom stereocenters. The number of amides is 1. The van der Waals surface area contributed by atoms with Gasteiger partial charge in [0.25, 0.3) is 0 Å². The molecule has 0 saturated carbocycles. The molecule has 4 heteroatoms. The fourth-order valence-corrected chi connectivity index (χ4v) is 3.65. The molecule has 0 aromatic carbocycles. The molecule has 1 aromatic heterocycles. The highest BCUT2D eigenvalue weighted by Gasteiger charge is 2.27. The molecule has 1 aromatic rings. The van der Waals surface area contributed by atoms with Crippen molar-refractivity contribution in [3.63, 3.8) is 0 Å². The number of nitrogens with zero attached hydrogens (tertiary/aromatic N) is 2. The molecule has 3 rings (SSSR count). The van der Waals surface area contributed by atoms with Gasteiger partial charge in [-0.2, -0.15) is 0 Å². The Morgan fingerprint density at radius 1 is 1.32 bits per heavy atom. The average molecular weight is 302 g/mol. The minimum absolute atomic E-state index is 0.291. The van der Waals surface area contributed by atoms with Crippen molar-refractivity contribution in [3.05, 3.63) is 30.1 Å². The summed E-state index contributed by atoms with van der Waals surface area (Å²) in [5, 5.41) is 0. The Labute approximate surface area is 132 Å². The van der Waals surface area contributed by atoms with Crippen LogP contribution in [-0.4, -0.2) is 41.1 Å². The number of piperidine rings is 1. The average Bonchev–Trinajstić information content (AvgIpc) is 2.99. The lowest BCUT2D eigenvalue weighted by Gasteiger charge is -2.33. The molecule has 2 saturated heterocycles. The van der Waals surface area contributed by atoms with E-state index >= 15 is 0 Å². The van der Waals surface area contributed by atoms with Crippen molar-refractivity contribution in [1.29, 1.82) is 0 Å². The Bertz CT molecular complexity index is 491. The third-order valence-corrected chi connectivity index (χ3v) is 4.95. The molecule has 1 amide bonds. The van der Waals surface area contributed by atoms with Gasteiger partial charge in [0, 0.05) is 37.8 Å². The second kappa shape index (κ2) is 7.23. The smallest absolute Gasteiger partial charge is 0.222 e. The lowest BCUT2D eigenvalue weighted by Crippen LogP contribution is -2.39. The summed E-state index contributed by atoms with van der Waals surface area (Å²) >= 11 is 0. The minimum atomic E-state index is 0.291. The Kier molecular flexibility index (Phi) is 5.08. The fraction of sp³-hybridized carbons (Fsp3) is 0.667. The van der Waals surface area contributed by atoms with E-state index in [4.69, 9.17) is 4.74 Å². The summed E-state index contributed by atoms with van der Waals surface area (Å²) in [5.41, 5.74) is 1.31. The maximum Gasteiger partial charge on any atom is 0.222 e. The molecular weight excluding hydrogens is 276 g/mol. The van der Waals surface area contributed by atoms with Crippen LogP contribution in [0.1, 0.15) is 56.9 Å². The molecule has 3 atom stereocenters. The van der Waals surface area contributed by atoms with Crippen molar-refractivity contribution >= 4 is 5.91 Å². The Morgan fingerprint density at radius 2 is 2.14 bits per heavy atom. The van der Waals surface area contributed by atoms with Crippen LogP contribution >= 0.6 is 0 Å². The highest BCUT2D eigenvalue weighted by molar-refractivity contribution is 5.76. The number of hydrogen-bond acceptors (Lipinski definition) is 3. The second-order valence-corrected chi connectivity index (χ2v) is 6.64. The van der Waals surface area contributed by atoms with Crippen LogP contribution in [0, 0.1) is 0 Å². The Hall–Kier alpha value is -1.42. The standard InChI is InChI=1S/C18H26N2O2/c1-14-4-5-17(22-14)6-7-18(21)20-12-2-3-16(13-20)15-8-10-19-11-9-15/h8-11,14,16-17H,2-7,12-13H2,1H3/t14-,16+,17+/m1/s1. The van der Waals surface area contributed by atoms with Crippen molar-refractivity contribution < 1.29 is 9.53 Å². The van der Waals surface area contributed by atoms with E-state index in [9.17, 15) is 4.79 Å². The zero-order valence-corrected chi connectivity index (χ0v) is 13.4. The van der Waals surface area contributed by atoms with Crippen LogP contribution in [0.15, 0.2) is 24.5 Å². The zero-order chi connectivity index (χ0) is 15.4. The predicted molar refractivity (Wildman–Crippen MR) is 85.6 cm³/mol. The number of carbonyl (C=O) groups is 1. The van der Waals surface area contributed by atoms with Crippen LogP contribution < -0.4 is 0 Å². The van der Waals surface area contributed by atoms with Crippen LogP contribution in [0.25, 0.3) is 0 Å². The summed E-state index contributed by atoms with van der Waals surface area (Å²) in [7, 11) is 0. The molecule has 22 heavy (non-hydrogen) atoms. The zero-order valence-electron chi connectivity index (χ0n) is 13.4. The van der Waals surface area contributed by atoms with E-state index in [1.807, 2.05) is 17.3 Å². The normalized spacial score (nSPS) is 28.8. The first-order valence-electron chi connectivity index (χ1n) is 8.55. The van der Waals surface area contributed by atoms with Gasteiger partial charge >= 0.3 is 0 Å². The molecule has 0 bridgehead atoms. The third-order valence-electron chi connectivity index (χ3n) is 4.95. The van der Waals surface area contributed by atoms with E-state index in [0.29, 0.717) is 30.5 Å². The summed E-state index contributed by atoms with van der Waals surface area (Å²) in [5.74, 6) is 0.755. The van der Waals surface area contributed by atoms with Gasteiger partial charge in [-0.1, -0.05) is 0 Å². The van der Waals surface area contributed by atoms with Crippen LogP contribution in [0.5, 0.6) is 0 Å². The maximum atomic E-state index is 12.5. The Balaban J connectivity index is 1.50. The first-order valence-corrected chi connectivity index (χ1v) is 8.55. The summed E-state index contributed by atoms with van der Waals surface area (Å²) in [6.45, 7) is 3.87. The quantitative estimate of drug-likeness (QED) is 0.858. The second-order valence-electron chi connectivity index (χ2n) is 6.64. The monoisotopic (exact) mass is 302 g/mol. The van der Waals surface area contributed by atoms with Gasteiger partial charge in [-0.05, 0) is 56.7 Å². The number of pyridine rings is 1. The number of ether oxygens (including phenoxy) is 1. The molecular formula is C18H26N2O2. The summed E-state index contributed by atoms with van der Waals surface area (Å²) in [6, 6.07) is 4.15. The Morgan fingerprint density at radius 3 is 2.86 bits per heavy atom. The topological polar surface area (TPSA) is 42.4 Å². The summed E-state index contributed by atoms with van der Waals surface area (Å²) in [6.07, 6.45) is 10.3. The largest absolute Gasteiger partial charge is 0.375 e. The van der Waals surface area contributed by atoms with Gasteiger partial charge in [0.2, 0.25) is 5.91 Å². The van der Waals surface area contributed by atoms with Gasteiger partial charge < -0.3 is 9.64 Å². The number of carbonyl (C=O) groups excluding carboxylic acids is 1. The highest BCUT2D eigenvalue weighted by atomic mass is 16.5. The molecule has 0 radical (unpaired) electrons. The molecule has 2 fully saturated rings. The van der Waals surface area contributed by atoms with Crippen LogP contribution in [0.3, 0.4) is 0 Å².